The van der Waals surface area contributed by atoms with Crippen LogP contribution >= 0.6 is 15.9 Å². The van der Waals surface area contributed by atoms with Gasteiger partial charge in [-0.25, -0.2) is 0 Å². The van der Waals surface area contributed by atoms with E-state index in [1.165, 1.54) is 0 Å². The molecule has 5 heteroatoms. The number of benzene rings is 1. The first-order chi connectivity index (χ1) is 6.76. The smallest absolute Gasteiger partial charge is 0.237 e. The predicted molar refractivity (Wildman–Crippen MR) is 56.4 cm³/mol. The van der Waals surface area contributed by atoms with Crippen molar-refractivity contribution in [3.05, 3.63) is 28.7 Å². The number of nitriles is 2. The minimum atomic E-state index is -0.204. The van der Waals surface area contributed by atoms with Gasteiger partial charge in [0.1, 0.15) is 12.1 Å². The summed E-state index contributed by atoms with van der Waals surface area (Å²) in [5.41, 5.74) is 3.11. The van der Waals surface area contributed by atoms with Gasteiger partial charge < -0.3 is 0 Å². The van der Waals surface area contributed by atoms with Crippen LogP contribution in [0.15, 0.2) is 33.8 Å². The molecule has 1 aromatic rings. The molecule has 0 amide bonds. The summed E-state index contributed by atoms with van der Waals surface area (Å²) in [6, 6.07) is 10.6. The van der Waals surface area contributed by atoms with E-state index in [2.05, 4.69) is 26.5 Å². The summed E-state index contributed by atoms with van der Waals surface area (Å²) in [7, 11) is 0. The zero-order chi connectivity index (χ0) is 10.4. The first-order valence-corrected chi connectivity index (χ1v) is 4.45. The molecule has 0 bridgehead atoms. The van der Waals surface area contributed by atoms with Crippen LogP contribution in [0.5, 0.6) is 0 Å². The molecule has 0 saturated carbocycles. The molecule has 1 aromatic carbocycles. The van der Waals surface area contributed by atoms with Crippen LogP contribution in [0.4, 0.5) is 5.69 Å². The van der Waals surface area contributed by atoms with Crippen molar-refractivity contribution < 1.29 is 0 Å². The molecule has 0 radical (unpaired) electrons. The second-order valence-corrected chi connectivity index (χ2v) is 3.22. The average molecular weight is 249 g/mol. The second-order valence-electron chi connectivity index (χ2n) is 2.31. The normalized spacial score (nSPS) is 8.21. The summed E-state index contributed by atoms with van der Waals surface area (Å²) in [6.45, 7) is 0. The van der Waals surface area contributed by atoms with Crippen LogP contribution in [0.1, 0.15) is 0 Å². The van der Waals surface area contributed by atoms with Crippen LogP contribution in [-0.2, 0) is 0 Å². The number of hydrogen-bond acceptors (Lipinski definition) is 4. The van der Waals surface area contributed by atoms with E-state index in [4.69, 9.17) is 10.5 Å². The summed E-state index contributed by atoms with van der Waals surface area (Å²) in [6.07, 6.45) is 0. The number of halogens is 1. The van der Waals surface area contributed by atoms with Crippen molar-refractivity contribution in [3.63, 3.8) is 0 Å². The number of anilines is 1. The van der Waals surface area contributed by atoms with Crippen LogP contribution < -0.4 is 5.43 Å². The summed E-state index contributed by atoms with van der Waals surface area (Å²) >= 11 is 3.28. The predicted octanol–water partition coefficient (Wildman–Crippen LogP) is 2.26. The first-order valence-electron chi connectivity index (χ1n) is 3.65. The van der Waals surface area contributed by atoms with Crippen LogP contribution in [-0.4, -0.2) is 5.71 Å². The highest BCUT2D eigenvalue weighted by molar-refractivity contribution is 9.10. The first kappa shape index (κ1) is 10.2. The summed E-state index contributed by atoms with van der Waals surface area (Å²) in [4.78, 5) is 0. The van der Waals surface area contributed by atoms with E-state index in [0.29, 0.717) is 5.69 Å². The number of hydrazone groups is 1. The molecule has 0 fully saturated rings. The molecule has 68 valence electrons. The van der Waals surface area contributed by atoms with Crippen LogP contribution in [0.2, 0.25) is 0 Å². The Balaban J connectivity index is 2.77. The topological polar surface area (TPSA) is 72.0 Å². The molecule has 4 nitrogen and oxygen atoms in total. The Bertz CT molecular complexity index is 423. The quantitative estimate of drug-likeness (QED) is 0.645. The molecule has 0 aliphatic carbocycles. The molecular formula is C9H5BrN4. The molecule has 0 aromatic heterocycles. The summed E-state index contributed by atoms with van der Waals surface area (Å²) in [5.74, 6) is 0. The van der Waals surface area contributed by atoms with Gasteiger partial charge in [0.15, 0.2) is 0 Å². The third kappa shape index (κ3) is 2.89. The van der Waals surface area contributed by atoms with Gasteiger partial charge in [-0.05, 0) is 18.2 Å². The molecule has 0 aliphatic heterocycles. The Morgan fingerprint density at radius 3 is 2.64 bits per heavy atom. The van der Waals surface area contributed by atoms with Gasteiger partial charge in [-0.1, -0.05) is 22.0 Å². The third-order valence-corrected chi connectivity index (χ3v) is 1.83. The van der Waals surface area contributed by atoms with Gasteiger partial charge in [-0.3, -0.25) is 5.43 Å². The summed E-state index contributed by atoms with van der Waals surface area (Å²) < 4.78 is 0.896. The average Bonchev–Trinajstić information content (AvgIpc) is 2.19. The van der Waals surface area contributed by atoms with Crippen LogP contribution in [0.25, 0.3) is 0 Å². The molecule has 0 saturated heterocycles. The fourth-order valence-corrected chi connectivity index (χ4v) is 1.15. The Hall–Kier alpha value is -1.85. The van der Waals surface area contributed by atoms with Gasteiger partial charge in [0.2, 0.25) is 5.71 Å². The van der Waals surface area contributed by atoms with Crippen LogP contribution in [0, 0.1) is 22.7 Å². The Kier molecular flexibility index (Phi) is 3.66. The molecule has 0 aliphatic rings. The number of hydrogen-bond donors (Lipinski definition) is 1. The Morgan fingerprint density at radius 1 is 1.36 bits per heavy atom. The fourth-order valence-electron chi connectivity index (χ4n) is 0.753. The zero-order valence-corrected chi connectivity index (χ0v) is 8.62. The van der Waals surface area contributed by atoms with Crippen molar-refractivity contribution in [2.45, 2.75) is 0 Å². The minimum absolute atomic E-state index is 0.204. The van der Waals surface area contributed by atoms with Crippen molar-refractivity contribution in [2.75, 3.05) is 5.43 Å². The highest BCUT2D eigenvalue weighted by atomic mass is 79.9. The highest BCUT2D eigenvalue weighted by Gasteiger charge is 1.94. The largest absolute Gasteiger partial charge is 0.276 e. The molecule has 1 N–H and O–H groups in total. The highest BCUT2D eigenvalue weighted by Crippen LogP contribution is 2.15. The molecule has 0 unspecified atom stereocenters. The lowest BCUT2D eigenvalue weighted by Crippen LogP contribution is -1.95. The van der Waals surface area contributed by atoms with Crippen molar-refractivity contribution in [2.24, 2.45) is 5.10 Å². The molecule has 0 spiro atoms. The van der Waals surface area contributed by atoms with E-state index < -0.39 is 0 Å². The molecule has 0 heterocycles. The number of nitrogens with one attached hydrogen (secondary N) is 1. The van der Waals surface area contributed by atoms with E-state index in [1.54, 1.807) is 24.3 Å². The van der Waals surface area contributed by atoms with Crippen molar-refractivity contribution in [1.82, 2.24) is 0 Å². The lowest BCUT2D eigenvalue weighted by molar-refractivity contribution is 1.33. The second kappa shape index (κ2) is 5.00. The third-order valence-electron chi connectivity index (χ3n) is 1.33. The monoisotopic (exact) mass is 248 g/mol. The van der Waals surface area contributed by atoms with Crippen molar-refractivity contribution >= 4 is 27.3 Å². The summed E-state index contributed by atoms with van der Waals surface area (Å²) in [5, 5.41) is 20.4. The van der Waals surface area contributed by atoms with Gasteiger partial charge in [0, 0.05) is 4.47 Å². The zero-order valence-electron chi connectivity index (χ0n) is 7.03. The van der Waals surface area contributed by atoms with Crippen LogP contribution in [0.3, 0.4) is 0 Å². The van der Waals surface area contributed by atoms with E-state index in [1.807, 2.05) is 12.1 Å². The maximum absolute atomic E-state index is 8.41. The van der Waals surface area contributed by atoms with E-state index >= 15 is 0 Å². The van der Waals surface area contributed by atoms with E-state index in [9.17, 15) is 0 Å². The van der Waals surface area contributed by atoms with E-state index in [-0.39, 0.29) is 5.71 Å². The molecular weight excluding hydrogens is 244 g/mol. The van der Waals surface area contributed by atoms with Crippen molar-refractivity contribution in [3.8, 4) is 12.1 Å². The Morgan fingerprint density at radius 2 is 2.07 bits per heavy atom. The van der Waals surface area contributed by atoms with Gasteiger partial charge in [0.05, 0.1) is 5.69 Å². The van der Waals surface area contributed by atoms with Gasteiger partial charge in [-0.2, -0.15) is 15.6 Å². The van der Waals surface area contributed by atoms with Gasteiger partial charge in [0.25, 0.3) is 0 Å². The van der Waals surface area contributed by atoms with Crippen molar-refractivity contribution in [1.29, 1.82) is 10.5 Å². The molecule has 1 rings (SSSR count). The van der Waals surface area contributed by atoms with Gasteiger partial charge in [-0.15, -0.1) is 0 Å². The minimum Gasteiger partial charge on any atom is -0.276 e. The lowest BCUT2D eigenvalue weighted by Gasteiger charge is -1.98. The SMILES string of the molecule is N#CC(C#N)=NNc1cccc(Br)c1. The number of nitrogens with zero attached hydrogens (tertiary/aromatic N) is 3. The number of rotatable bonds is 2. The van der Waals surface area contributed by atoms with Gasteiger partial charge >= 0.3 is 0 Å². The molecule has 14 heavy (non-hydrogen) atoms. The maximum atomic E-state index is 8.41. The standard InChI is InChI=1S/C9H5BrN4/c10-7-2-1-3-8(4-7)13-14-9(5-11)6-12/h1-4,13H. The maximum Gasteiger partial charge on any atom is 0.237 e. The van der Waals surface area contributed by atoms with E-state index in [0.717, 1.165) is 4.47 Å². The fraction of sp³-hybridized carbons (Fsp3) is 0. The molecule has 0 atom stereocenters. The lowest BCUT2D eigenvalue weighted by atomic mass is 10.3. The Labute approximate surface area is 89.6 Å².